The van der Waals surface area contributed by atoms with Crippen LogP contribution in [0.15, 0.2) is 46.8 Å². The van der Waals surface area contributed by atoms with Gasteiger partial charge in [-0.1, -0.05) is 38.1 Å². The van der Waals surface area contributed by atoms with E-state index in [1.807, 2.05) is 19.1 Å². The average Bonchev–Trinajstić information content (AvgIpc) is 2.61. The molecule has 0 fully saturated rings. The normalized spacial score (nSPS) is 20.2. The Labute approximate surface area is 155 Å². The summed E-state index contributed by atoms with van der Waals surface area (Å²) in [4.78, 5) is 25.4. The van der Waals surface area contributed by atoms with Crippen molar-refractivity contribution in [2.24, 2.45) is 0 Å². The summed E-state index contributed by atoms with van der Waals surface area (Å²) in [6, 6.07) is 8.27. The number of benzene rings is 1. The van der Waals surface area contributed by atoms with Gasteiger partial charge in [-0.05, 0) is 43.7 Å². The molecule has 0 saturated carbocycles. The molecule has 1 N–H and O–H groups in total. The Morgan fingerprint density at radius 1 is 1.23 bits per heavy atom. The Bertz CT molecular complexity index is 784. The van der Waals surface area contributed by atoms with Crippen LogP contribution in [0.25, 0.3) is 0 Å². The number of hydrogen-bond acceptors (Lipinski definition) is 4. The Balaban J connectivity index is 2.12. The number of dihydropyridines is 1. The lowest BCUT2D eigenvalue weighted by molar-refractivity contribution is -0.138. The molecule has 1 heterocycles. The van der Waals surface area contributed by atoms with Crippen LogP contribution in [0.2, 0.25) is 0 Å². The second-order valence-electron chi connectivity index (χ2n) is 7.31. The van der Waals surface area contributed by atoms with Crippen LogP contribution >= 0.6 is 0 Å². The Hall–Kier alpha value is -2.36. The van der Waals surface area contributed by atoms with Crippen LogP contribution in [0.5, 0.6) is 0 Å². The Kier molecular flexibility index (Phi) is 5.30. The molecule has 0 radical (unpaired) electrons. The van der Waals surface area contributed by atoms with E-state index in [9.17, 15) is 9.59 Å². The molecule has 1 aliphatic heterocycles. The minimum Gasteiger partial charge on any atom is -0.463 e. The van der Waals surface area contributed by atoms with Gasteiger partial charge in [-0.25, -0.2) is 4.79 Å². The van der Waals surface area contributed by atoms with E-state index in [0.29, 0.717) is 24.5 Å². The molecule has 1 aromatic rings. The highest BCUT2D eigenvalue weighted by atomic mass is 16.5. The summed E-state index contributed by atoms with van der Waals surface area (Å²) in [6.45, 7) is 8.31. The van der Waals surface area contributed by atoms with Crippen molar-refractivity contribution < 1.29 is 14.3 Å². The van der Waals surface area contributed by atoms with Crippen molar-refractivity contribution in [3.63, 3.8) is 0 Å². The van der Waals surface area contributed by atoms with E-state index in [2.05, 4.69) is 31.3 Å². The van der Waals surface area contributed by atoms with Gasteiger partial charge >= 0.3 is 5.97 Å². The SMILES string of the molecule is CCOC(=O)C1=C(C)NC2=C(C(=O)CCC2)[C@H]1c1ccc(C(C)C)cc1. The summed E-state index contributed by atoms with van der Waals surface area (Å²) in [6.07, 6.45) is 2.23. The standard InChI is InChI=1S/C22H27NO3/c1-5-26-22(25)19-14(4)23-17-7-6-8-18(24)21(17)20(19)16-11-9-15(10-12-16)13(2)3/h9-13,20,23H,5-8H2,1-4H3/t20-/m0/s1. The molecule has 3 rings (SSSR count). The minimum atomic E-state index is -0.348. The molecular formula is C22H27NO3. The minimum absolute atomic E-state index is 0.131. The molecule has 4 heteroatoms. The second-order valence-corrected chi connectivity index (χ2v) is 7.31. The van der Waals surface area contributed by atoms with E-state index >= 15 is 0 Å². The molecule has 1 aromatic carbocycles. The predicted molar refractivity (Wildman–Crippen MR) is 102 cm³/mol. The molecule has 26 heavy (non-hydrogen) atoms. The lowest BCUT2D eigenvalue weighted by Gasteiger charge is -2.34. The van der Waals surface area contributed by atoms with Crippen LogP contribution in [0.3, 0.4) is 0 Å². The Morgan fingerprint density at radius 2 is 1.92 bits per heavy atom. The maximum Gasteiger partial charge on any atom is 0.336 e. The van der Waals surface area contributed by atoms with Crippen molar-refractivity contribution in [3.05, 3.63) is 57.9 Å². The highest BCUT2D eigenvalue weighted by Crippen LogP contribution is 2.42. The zero-order valence-electron chi connectivity index (χ0n) is 16.0. The second kappa shape index (κ2) is 7.48. The van der Waals surface area contributed by atoms with Crippen molar-refractivity contribution in [1.82, 2.24) is 5.32 Å². The van der Waals surface area contributed by atoms with E-state index in [-0.39, 0.29) is 17.7 Å². The van der Waals surface area contributed by atoms with Gasteiger partial charge < -0.3 is 10.1 Å². The third-order valence-corrected chi connectivity index (χ3v) is 5.21. The molecule has 0 amide bonds. The van der Waals surface area contributed by atoms with Crippen LogP contribution in [-0.4, -0.2) is 18.4 Å². The van der Waals surface area contributed by atoms with Crippen molar-refractivity contribution in [1.29, 1.82) is 0 Å². The maximum absolute atomic E-state index is 12.7. The molecular weight excluding hydrogens is 326 g/mol. The van der Waals surface area contributed by atoms with Crippen LogP contribution in [0.4, 0.5) is 0 Å². The van der Waals surface area contributed by atoms with Gasteiger partial charge in [0.15, 0.2) is 5.78 Å². The van der Waals surface area contributed by atoms with Crippen LogP contribution in [-0.2, 0) is 14.3 Å². The summed E-state index contributed by atoms with van der Waals surface area (Å²) >= 11 is 0. The van der Waals surface area contributed by atoms with Crippen molar-refractivity contribution in [2.45, 2.75) is 58.8 Å². The van der Waals surface area contributed by atoms with Crippen molar-refractivity contribution >= 4 is 11.8 Å². The third kappa shape index (κ3) is 3.33. The highest BCUT2D eigenvalue weighted by molar-refractivity contribution is 6.03. The number of rotatable bonds is 4. The summed E-state index contributed by atoms with van der Waals surface area (Å²) in [5, 5.41) is 3.31. The molecule has 0 bridgehead atoms. The van der Waals surface area contributed by atoms with E-state index in [4.69, 9.17) is 4.74 Å². The highest BCUT2D eigenvalue weighted by Gasteiger charge is 2.38. The Morgan fingerprint density at radius 3 is 2.54 bits per heavy atom. The fourth-order valence-electron chi connectivity index (χ4n) is 3.87. The fraction of sp³-hybridized carbons (Fsp3) is 0.455. The van der Waals surface area contributed by atoms with Gasteiger partial charge in [0.2, 0.25) is 0 Å². The molecule has 0 unspecified atom stereocenters. The molecule has 1 atom stereocenters. The lowest BCUT2D eigenvalue weighted by Crippen LogP contribution is -2.34. The number of ether oxygens (including phenoxy) is 1. The summed E-state index contributed by atoms with van der Waals surface area (Å²) in [5.74, 6) is -0.129. The van der Waals surface area contributed by atoms with Gasteiger partial charge in [0.25, 0.3) is 0 Å². The first-order valence-corrected chi connectivity index (χ1v) is 9.45. The van der Waals surface area contributed by atoms with E-state index in [0.717, 1.165) is 35.4 Å². The van der Waals surface area contributed by atoms with Gasteiger partial charge in [-0.2, -0.15) is 0 Å². The molecule has 0 aromatic heterocycles. The number of hydrogen-bond donors (Lipinski definition) is 1. The van der Waals surface area contributed by atoms with Crippen LogP contribution in [0, 0.1) is 0 Å². The summed E-state index contributed by atoms with van der Waals surface area (Å²) in [5.41, 5.74) is 5.26. The van der Waals surface area contributed by atoms with Crippen molar-refractivity contribution in [3.8, 4) is 0 Å². The largest absolute Gasteiger partial charge is 0.463 e. The van der Waals surface area contributed by atoms with Crippen molar-refractivity contribution in [2.75, 3.05) is 6.61 Å². The zero-order chi connectivity index (χ0) is 18.8. The third-order valence-electron chi connectivity index (χ3n) is 5.21. The molecule has 2 aliphatic rings. The summed E-state index contributed by atoms with van der Waals surface area (Å²) < 4.78 is 5.31. The van der Waals surface area contributed by atoms with Gasteiger partial charge in [-0.15, -0.1) is 0 Å². The van der Waals surface area contributed by atoms with E-state index in [1.54, 1.807) is 6.92 Å². The van der Waals surface area contributed by atoms with Crippen LogP contribution < -0.4 is 5.32 Å². The van der Waals surface area contributed by atoms with Gasteiger partial charge in [0.05, 0.1) is 12.2 Å². The molecule has 0 saturated heterocycles. The summed E-state index contributed by atoms with van der Waals surface area (Å²) in [7, 11) is 0. The number of nitrogens with one attached hydrogen (secondary N) is 1. The van der Waals surface area contributed by atoms with Gasteiger partial charge in [-0.3, -0.25) is 4.79 Å². The predicted octanol–water partition coefficient (Wildman–Crippen LogP) is 4.34. The first kappa shape index (κ1) is 18.4. The molecule has 4 nitrogen and oxygen atoms in total. The van der Waals surface area contributed by atoms with E-state index < -0.39 is 0 Å². The number of carbonyl (C=O) groups excluding carboxylic acids is 2. The quantitative estimate of drug-likeness (QED) is 0.818. The number of Topliss-reactive ketones (excluding diaryl/α,β-unsaturated/α-hetero) is 1. The average molecular weight is 353 g/mol. The lowest BCUT2D eigenvalue weighted by atomic mass is 9.75. The zero-order valence-corrected chi connectivity index (χ0v) is 16.0. The molecule has 1 aliphatic carbocycles. The topological polar surface area (TPSA) is 55.4 Å². The maximum atomic E-state index is 12.7. The van der Waals surface area contributed by atoms with Crippen LogP contribution in [0.1, 0.15) is 69.9 Å². The number of ketones is 1. The smallest absolute Gasteiger partial charge is 0.336 e. The first-order chi connectivity index (χ1) is 12.4. The molecule has 0 spiro atoms. The van der Waals surface area contributed by atoms with E-state index in [1.165, 1.54) is 5.56 Å². The van der Waals surface area contributed by atoms with Gasteiger partial charge in [0, 0.05) is 29.3 Å². The van der Waals surface area contributed by atoms with Gasteiger partial charge in [0.1, 0.15) is 0 Å². The monoisotopic (exact) mass is 353 g/mol. The number of allylic oxidation sites excluding steroid dienone is 3. The fourth-order valence-corrected chi connectivity index (χ4v) is 3.87. The molecule has 138 valence electrons. The number of carbonyl (C=O) groups is 2. The number of esters is 1. The first-order valence-electron chi connectivity index (χ1n) is 9.45.